The molecule has 4 heteroatoms. The molecule has 0 spiro atoms. The Kier molecular flexibility index (Phi) is 27.0. The number of aliphatic hydroxyl groups is 2. The average Bonchev–Trinajstić information content (AvgIpc) is 2.86. The molecule has 0 fully saturated rings. The van der Waals surface area contributed by atoms with Crippen LogP contribution in [-0.4, -0.2) is 34.9 Å². The molecule has 0 aliphatic rings. The molecule has 0 bridgehead atoms. The highest BCUT2D eigenvalue weighted by Gasteiger charge is 2.19. The zero-order chi connectivity index (χ0) is 25.8. The fourth-order valence-corrected chi connectivity index (χ4v) is 4.59. The molecule has 4 nitrogen and oxygen atoms in total. The topological polar surface area (TPSA) is 69.6 Å². The van der Waals surface area contributed by atoms with E-state index in [0.717, 1.165) is 25.7 Å². The molecule has 0 aromatic carbocycles. The summed E-state index contributed by atoms with van der Waals surface area (Å²) in [5.74, 6) is -0.0444. The molecule has 1 amide bonds. The van der Waals surface area contributed by atoms with Crippen molar-refractivity contribution in [3.05, 3.63) is 12.2 Å². The summed E-state index contributed by atoms with van der Waals surface area (Å²) < 4.78 is 0. The Hall–Kier alpha value is -0.870. The Bertz CT molecular complexity index is 466. The van der Waals surface area contributed by atoms with Crippen LogP contribution in [0.15, 0.2) is 12.2 Å². The van der Waals surface area contributed by atoms with Crippen LogP contribution < -0.4 is 5.32 Å². The standard InChI is InChI=1S/C31H61NO3/c1-3-5-7-9-11-13-14-15-16-17-19-21-23-25-27-31(35)32-29(28-33)30(34)26-24-22-20-18-12-10-8-6-4-2/h14-15,29-30,33-34H,3-13,16-28H2,1-2H3,(H,32,35)/b15-14+/t29-,30+/m0/s1. The Balaban J connectivity index is 3.61. The highest BCUT2D eigenvalue weighted by atomic mass is 16.3. The van der Waals surface area contributed by atoms with Crippen molar-refractivity contribution in [2.45, 2.75) is 174 Å². The maximum Gasteiger partial charge on any atom is 0.220 e. The van der Waals surface area contributed by atoms with Crippen molar-refractivity contribution in [2.24, 2.45) is 0 Å². The van der Waals surface area contributed by atoms with Crippen LogP contribution in [0, 0.1) is 0 Å². The summed E-state index contributed by atoms with van der Waals surface area (Å²) in [5, 5.41) is 22.8. The van der Waals surface area contributed by atoms with Crippen LogP contribution in [0.2, 0.25) is 0 Å². The highest BCUT2D eigenvalue weighted by Crippen LogP contribution is 2.13. The Labute approximate surface area is 218 Å². The second-order valence-electron chi connectivity index (χ2n) is 10.5. The molecule has 0 aliphatic carbocycles. The first-order valence-electron chi connectivity index (χ1n) is 15.4. The number of carbonyl (C=O) groups is 1. The molecule has 0 saturated heterocycles. The first kappa shape index (κ1) is 34.1. The second-order valence-corrected chi connectivity index (χ2v) is 10.5. The van der Waals surface area contributed by atoms with Crippen LogP contribution in [0.5, 0.6) is 0 Å². The first-order chi connectivity index (χ1) is 17.2. The molecule has 0 aliphatic heterocycles. The van der Waals surface area contributed by atoms with E-state index in [1.165, 1.54) is 109 Å². The smallest absolute Gasteiger partial charge is 0.220 e. The van der Waals surface area contributed by atoms with Crippen LogP contribution in [0.1, 0.15) is 162 Å². The minimum absolute atomic E-state index is 0.0444. The normalized spacial score (nSPS) is 13.4. The summed E-state index contributed by atoms with van der Waals surface area (Å²) in [6.07, 6.45) is 31.1. The molecular weight excluding hydrogens is 434 g/mol. The molecule has 0 heterocycles. The number of hydrogen-bond donors (Lipinski definition) is 3. The summed E-state index contributed by atoms with van der Waals surface area (Å²) in [5.41, 5.74) is 0. The van der Waals surface area contributed by atoms with Gasteiger partial charge in [-0.2, -0.15) is 0 Å². The van der Waals surface area contributed by atoms with Gasteiger partial charge in [-0.3, -0.25) is 4.79 Å². The summed E-state index contributed by atoms with van der Waals surface area (Å²) in [4.78, 5) is 12.2. The van der Waals surface area contributed by atoms with E-state index in [0.29, 0.717) is 12.8 Å². The van der Waals surface area contributed by atoms with E-state index in [1.807, 2.05) is 0 Å². The summed E-state index contributed by atoms with van der Waals surface area (Å²) in [6.45, 7) is 4.30. The third-order valence-corrected chi connectivity index (χ3v) is 7.03. The maximum atomic E-state index is 12.2. The lowest BCUT2D eigenvalue weighted by molar-refractivity contribution is -0.123. The monoisotopic (exact) mass is 495 g/mol. The minimum atomic E-state index is -0.655. The second kappa shape index (κ2) is 27.7. The third kappa shape index (κ3) is 24.6. The van der Waals surface area contributed by atoms with Crippen molar-refractivity contribution in [3.63, 3.8) is 0 Å². The lowest BCUT2D eigenvalue weighted by atomic mass is 10.0. The first-order valence-corrected chi connectivity index (χ1v) is 15.4. The Morgan fingerprint density at radius 2 is 1.09 bits per heavy atom. The SMILES string of the molecule is CCCCCCC/C=C/CCCCCCCC(=O)N[C@@H](CO)[C@H](O)CCCCCCCCCCC. The highest BCUT2D eigenvalue weighted by molar-refractivity contribution is 5.76. The Morgan fingerprint density at radius 1 is 0.657 bits per heavy atom. The van der Waals surface area contributed by atoms with Crippen LogP contribution in [0.3, 0.4) is 0 Å². The van der Waals surface area contributed by atoms with E-state index in [1.54, 1.807) is 0 Å². The number of rotatable bonds is 27. The number of carbonyl (C=O) groups excluding carboxylic acids is 1. The van der Waals surface area contributed by atoms with E-state index in [9.17, 15) is 15.0 Å². The van der Waals surface area contributed by atoms with Crippen molar-refractivity contribution < 1.29 is 15.0 Å². The van der Waals surface area contributed by atoms with E-state index < -0.39 is 12.1 Å². The van der Waals surface area contributed by atoms with Crippen LogP contribution in [-0.2, 0) is 4.79 Å². The van der Waals surface area contributed by atoms with Crippen molar-refractivity contribution in [3.8, 4) is 0 Å². The lowest BCUT2D eigenvalue weighted by Crippen LogP contribution is -2.45. The van der Waals surface area contributed by atoms with Gasteiger partial charge in [0.15, 0.2) is 0 Å². The van der Waals surface area contributed by atoms with Gasteiger partial charge in [-0.1, -0.05) is 129 Å². The van der Waals surface area contributed by atoms with Crippen LogP contribution in [0.25, 0.3) is 0 Å². The Morgan fingerprint density at radius 3 is 1.57 bits per heavy atom. The largest absolute Gasteiger partial charge is 0.394 e. The van der Waals surface area contributed by atoms with Gasteiger partial charge in [0.05, 0.1) is 18.8 Å². The van der Waals surface area contributed by atoms with Gasteiger partial charge in [0.2, 0.25) is 5.91 Å². The minimum Gasteiger partial charge on any atom is -0.394 e. The van der Waals surface area contributed by atoms with E-state index in [4.69, 9.17) is 0 Å². The van der Waals surface area contributed by atoms with Gasteiger partial charge in [-0.25, -0.2) is 0 Å². The molecule has 0 saturated carbocycles. The number of allylic oxidation sites excluding steroid dienone is 2. The number of amides is 1. The van der Waals surface area contributed by atoms with Crippen molar-refractivity contribution >= 4 is 5.91 Å². The number of aliphatic hydroxyl groups excluding tert-OH is 2. The molecular formula is C31H61NO3. The number of hydrogen-bond acceptors (Lipinski definition) is 3. The van der Waals surface area contributed by atoms with Gasteiger partial charge in [0, 0.05) is 6.42 Å². The summed E-state index contributed by atoms with van der Waals surface area (Å²) in [6, 6.07) is -0.532. The van der Waals surface area contributed by atoms with Crippen LogP contribution in [0.4, 0.5) is 0 Å². The molecule has 2 atom stereocenters. The quantitative estimate of drug-likeness (QED) is 0.0791. The fourth-order valence-electron chi connectivity index (χ4n) is 4.59. The van der Waals surface area contributed by atoms with Crippen molar-refractivity contribution in [1.82, 2.24) is 5.32 Å². The van der Waals surface area contributed by atoms with E-state index in [2.05, 4.69) is 31.3 Å². The molecule has 0 aromatic rings. The number of nitrogens with one attached hydrogen (secondary N) is 1. The van der Waals surface area contributed by atoms with Gasteiger partial charge < -0.3 is 15.5 Å². The van der Waals surface area contributed by atoms with Gasteiger partial charge in [0.25, 0.3) is 0 Å². The van der Waals surface area contributed by atoms with Crippen molar-refractivity contribution in [2.75, 3.05) is 6.61 Å². The van der Waals surface area contributed by atoms with Gasteiger partial charge >= 0.3 is 0 Å². The molecule has 0 rings (SSSR count). The average molecular weight is 496 g/mol. The zero-order valence-corrected chi connectivity index (χ0v) is 23.6. The zero-order valence-electron chi connectivity index (χ0n) is 23.6. The predicted molar refractivity (Wildman–Crippen MR) is 152 cm³/mol. The van der Waals surface area contributed by atoms with Gasteiger partial charge in [-0.15, -0.1) is 0 Å². The molecule has 0 unspecified atom stereocenters. The third-order valence-electron chi connectivity index (χ3n) is 7.03. The molecule has 0 radical (unpaired) electrons. The summed E-state index contributed by atoms with van der Waals surface area (Å²) in [7, 11) is 0. The number of unbranched alkanes of at least 4 members (excludes halogenated alkanes) is 18. The lowest BCUT2D eigenvalue weighted by Gasteiger charge is -2.22. The van der Waals surface area contributed by atoms with Crippen molar-refractivity contribution in [1.29, 1.82) is 0 Å². The molecule has 208 valence electrons. The van der Waals surface area contributed by atoms with Gasteiger partial charge in [-0.05, 0) is 38.5 Å². The van der Waals surface area contributed by atoms with Gasteiger partial charge in [0.1, 0.15) is 0 Å². The molecule has 0 aromatic heterocycles. The molecule has 3 N–H and O–H groups in total. The molecule has 35 heavy (non-hydrogen) atoms. The summed E-state index contributed by atoms with van der Waals surface area (Å²) >= 11 is 0. The van der Waals surface area contributed by atoms with E-state index in [-0.39, 0.29) is 12.5 Å². The fraction of sp³-hybridized carbons (Fsp3) is 0.903. The maximum absolute atomic E-state index is 12.2. The van der Waals surface area contributed by atoms with Crippen LogP contribution >= 0.6 is 0 Å². The predicted octanol–water partition coefficient (Wildman–Crippen LogP) is 8.39. The van der Waals surface area contributed by atoms with E-state index >= 15 is 0 Å².